The minimum Gasteiger partial charge on any atom is -0.379 e. The molecule has 0 saturated carbocycles. The summed E-state index contributed by atoms with van der Waals surface area (Å²) in [5.41, 5.74) is 0.781. The highest BCUT2D eigenvalue weighted by atomic mass is 16.5. The lowest BCUT2D eigenvalue weighted by Gasteiger charge is -2.25. The van der Waals surface area contributed by atoms with Gasteiger partial charge in [-0.15, -0.1) is 0 Å². The molecule has 0 aromatic heterocycles. The van der Waals surface area contributed by atoms with Crippen LogP contribution >= 0.6 is 0 Å². The van der Waals surface area contributed by atoms with E-state index >= 15 is 0 Å². The molecule has 0 amide bonds. The third-order valence-corrected chi connectivity index (χ3v) is 4.19. The first-order valence-electron chi connectivity index (χ1n) is 8.77. The molecule has 0 radical (unpaired) electrons. The zero-order valence-corrected chi connectivity index (χ0v) is 14.9. The molecule has 0 N–H and O–H groups in total. The van der Waals surface area contributed by atoms with E-state index < -0.39 is 5.60 Å². The molecule has 1 aliphatic heterocycles. The fraction of sp³-hybridized carbons (Fsp3) is 0.600. The molecule has 1 aromatic carbocycles. The van der Waals surface area contributed by atoms with E-state index in [1.807, 2.05) is 18.2 Å². The number of benzene rings is 1. The SMILES string of the molecule is CCC(C)(C#CCN1CCOCC1)OCCOCc1ccccc1. The van der Waals surface area contributed by atoms with Gasteiger partial charge in [-0.3, -0.25) is 4.90 Å². The van der Waals surface area contributed by atoms with E-state index in [0.717, 1.165) is 39.3 Å². The molecular formula is C20H29NO3. The second-order valence-electron chi connectivity index (χ2n) is 6.16. The lowest BCUT2D eigenvalue weighted by Crippen LogP contribution is -2.36. The van der Waals surface area contributed by atoms with E-state index in [1.165, 1.54) is 5.56 Å². The van der Waals surface area contributed by atoms with Gasteiger partial charge in [-0.25, -0.2) is 0 Å². The van der Waals surface area contributed by atoms with Crippen molar-refractivity contribution in [2.24, 2.45) is 0 Å². The van der Waals surface area contributed by atoms with Crippen molar-refractivity contribution in [1.82, 2.24) is 4.90 Å². The van der Waals surface area contributed by atoms with Crippen LogP contribution in [0.3, 0.4) is 0 Å². The predicted molar refractivity (Wildman–Crippen MR) is 95.8 cm³/mol. The Morgan fingerprint density at radius 1 is 1.17 bits per heavy atom. The molecule has 4 heteroatoms. The van der Waals surface area contributed by atoms with Crippen LogP contribution < -0.4 is 0 Å². The first kappa shape index (κ1) is 19.0. The molecule has 0 aliphatic carbocycles. The highest BCUT2D eigenvalue weighted by Gasteiger charge is 2.19. The summed E-state index contributed by atoms with van der Waals surface area (Å²) in [5, 5.41) is 0. The molecule has 2 rings (SSSR count). The van der Waals surface area contributed by atoms with Crippen LogP contribution in [0.25, 0.3) is 0 Å². The van der Waals surface area contributed by atoms with Crippen molar-refractivity contribution in [1.29, 1.82) is 0 Å². The van der Waals surface area contributed by atoms with Gasteiger partial charge in [-0.05, 0) is 18.9 Å². The number of rotatable bonds is 8. The monoisotopic (exact) mass is 331 g/mol. The Balaban J connectivity index is 1.66. The second-order valence-corrected chi connectivity index (χ2v) is 6.16. The molecule has 1 unspecified atom stereocenters. The summed E-state index contributed by atoms with van der Waals surface area (Å²) < 4.78 is 17.0. The van der Waals surface area contributed by atoms with E-state index in [9.17, 15) is 0 Å². The van der Waals surface area contributed by atoms with Gasteiger partial charge in [0.25, 0.3) is 0 Å². The Hall–Kier alpha value is -1.38. The van der Waals surface area contributed by atoms with Gasteiger partial charge in [0.15, 0.2) is 0 Å². The molecule has 4 nitrogen and oxygen atoms in total. The summed E-state index contributed by atoms with van der Waals surface area (Å²) in [6.07, 6.45) is 0.863. The molecule has 1 aromatic rings. The van der Waals surface area contributed by atoms with Gasteiger partial charge >= 0.3 is 0 Å². The van der Waals surface area contributed by atoms with Crippen molar-refractivity contribution in [3.63, 3.8) is 0 Å². The topological polar surface area (TPSA) is 30.9 Å². The summed E-state index contributed by atoms with van der Waals surface area (Å²) in [6, 6.07) is 10.2. The summed E-state index contributed by atoms with van der Waals surface area (Å²) in [7, 11) is 0. The lowest BCUT2D eigenvalue weighted by molar-refractivity contribution is -0.0281. The second kappa shape index (κ2) is 10.5. The maximum absolute atomic E-state index is 5.96. The first-order chi connectivity index (χ1) is 11.7. The maximum Gasteiger partial charge on any atom is 0.125 e. The molecule has 1 aliphatic rings. The normalized spacial score (nSPS) is 17.8. The molecule has 132 valence electrons. The van der Waals surface area contributed by atoms with Crippen LogP contribution in [0.5, 0.6) is 0 Å². The van der Waals surface area contributed by atoms with Crippen LogP contribution in [0.4, 0.5) is 0 Å². The van der Waals surface area contributed by atoms with Gasteiger partial charge in [0, 0.05) is 13.1 Å². The van der Waals surface area contributed by atoms with Crippen molar-refractivity contribution in [3.8, 4) is 11.8 Å². The molecule has 0 bridgehead atoms. The summed E-state index contributed by atoms with van der Waals surface area (Å²) in [6.45, 7) is 10.2. The molecular weight excluding hydrogens is 302 g/mol. The molecule has 24 heavy (non-hydrogen) atoms. The highest BCUT2D eigenvalue weighted by Crippen LogP contribution is 2.13. The standard InChI is InChI=1S/C20H29NO3/c1-3-20(2,10-7-11-21-12-14-22-15-13-21)24-17-16-23-18-19-8-5-4-6-9-19/h4-6,8-9H,3,11-18H2,1-2H3. The quantitative estimate of drug-likeness (QED) is 0.541. The van der Waals surface area contributed by atoms with Crippen LogP contribution in [0.1, 0.15) is 25.8 Å². The number of hydrogen-bond donors (Lipinski definition) is 0. The Kier molecular flexibility index (Phi) is 8.27. The Morgan fingerprint density at radius 3 is 2.62 bits per heavy atom. The van der Waals surface area contributed by atoms with Gasteiger partial charge in [-0.2, -0.15) is 0 Å². The van der Waals surface area contributed by atoms with Gasteiger partial charge in [0.2, 0.25) is 0 Å². The number of hydrogen-bond acceptors (Lipinski definition) is 4. The van der Waals surface area contributed by atoms with Gasteiger partial charge in [-0.1, -0.05) is 49.1 Å². The zero-order chi connectivity index (χ0) is 17.1. The Bertz CT molecular complexity index is 517. The fourth-order valence-corrected chi connectivity index (χ4v) is 2.41. The first-order valence-corrected chi connectivity index (χ1v) is 8.77. The van der Waals surface area contributed by atoms with Gasteiger partial charge in [0.05, 0.1) is 39.6 Å². The molecule has 0 spiro atoms. The Morgan fingerprint density at radius 2 is 1.92 bits per heavy atom. The Labute approximate surface area is 146 Å². The number of nitrogens with zero attached hydrogens (tertiary/aromatic N) is 1. The zero-order valence-electron chi connectivity index (χ0n) is 14.9. The van der Waals surface area contributed by atoms with Crippen LogP contribution in [0.15, 0.2) is 30.3 Å². The van der Waals surface area contributed by atoms with Crippen molar-refractivity contribution in [3.05, 3.63) is 35.9 Å². The van der Waals surface area contributed by atoms with Crippen LogP contribution in [0.2, 0.25) is 0 Å². The van der Waals surface area contributed by atoms with Crippen molar-refractivity contribution in [2.45, 2.75) is 32.5 Å². The molecule has 1 heterocycles. The van der Waals surface area contributed by atoms with Crippen molar-refractivity contribution in [2.75, 3.05) is 46.1 Å². The maximum atomic E-state index is 5.96. The summed E-state index contributed by atoms with van der Waals surface area (Å²) in [4.78, 5) is 2.32. The molecule has 1 fully saturated rings. The molecule has 1 saturated heterocycles. The van der Waals surface area contributed by atoms with Crippen LogP contribution in [0, 0.1) is 11.8 Å². The van der Waals surface area contributed by atoms with Crippen LogP contribution in [-0.4, -0.2) is 56.6 Å². The lowest BCUT2D eigenvalue weighted by atomic mass is 10.0. The smallest absolute Gasteiger partial charge is 0.125 e. The minimum absolute atomic E-state index is 0.400. The van der Waals surface area contributed by atoms with E-state index in [0.29, 0.717) is 19.8 Å². The third-order valence-electron chi connectivity index (χ3n) is 4.19. The third kappa shape index (κ3) is 7.02. The minimum atomic E-state index is -0.400. The van der Waals surface area contributed by atoms with Crippen molar-refractivity contribution >= 4 is 0 Å². The van der Waals surface area contributed by atoms with E-state index in [4.69, 9.17) is 14.2 Å². The fourth-order valence-electron chi connectivity index (χ4n) is 2.41. The number of morpholine rings is 1. The summed E-state index contributed by atoms with van der Waals surface area (Å²) >= 11 is 0. The van der Waals surface area contributed by atoms with Gasteiger partial charge < -0.3 is 14.2 Å². The van der Waals surface area contributed by atoms with Gasteiger partial charge in [0.1, 0.15) is 5.60 Å². The van der Waals surface area contributed by atoms with Crippen LogP contribution in [-0.2, 0) is 20.8 Å². The number of ether oxygens (including phenoxy) is 3. The summed E-state index contributed by atoms with van der Waals surface area (Å²) in [5.74, 6) is 6.56. The largest absolute Gasteiger partial charge is 0.379 e. The average molecular weight is 331 g/mol. The van der Waals surface area contributed by atoms with Crippen molar-refractivity contribution < 1.29 is 14.2 Å². The van der Waals surface area contributed by atoms with E-state index in [1.54, 1.807) is 0 Å². The van der Waals surface area contributed by atoms with E-state index in [-0.39, 0.29) is 0 Å². The highest BCUT2D eigenvalue weighted by molar-refractivity contribution is 5.14. The van der Waals surface area contributed by atoms with E-state index in [2.05, 4.69) is 42.7 Å². The average Bonchev–Trinajstić information content (AvgIpc) is 2.63. The predicted octanol–water partition coefficient (Wildman–Crippen LogP) is 2.72. The molecule has 1 atom stereocenters.